The summed E-state index contributed by atoms with van der Waals surface area (Å²) in [6.45, 7) is 0. The highest BCUT2D eigenvalue weighted by atomic mass is 16.7. The summed E-state index contributed by atoms with van der Waals surface area (Å²) in [6, 6.07) is 15.3. The van der Waals surface area contributed by atoms with Crippen LogP contribution in [-0.4, -0.2) is 36.6 Å². The van der Waals surface area contributed by atoms with Gasteiger partial charge in [0.1, 0.15) is 11.5 Å². The van der Waals surface area contributed by atoms with E-state index < -0.39 is 17.8 Å². The van der Waals surface area contributed by atoms with Gasteiger partial charge in [0.25, 0.3) is 11.8 Å². The fourth-order valence-electron chi connectivity index (χ4n) is 3.87. The first kappa shape index (κ1) is 23.2. The highest BCUT2D eigenvalue weighted by molar-refractivity contribution is 6.45. The molecule has 0 atom stereocenters. The number of methoxy groups -OCH3 is 1. The van der Waals surface area contributed by atoms with E-state index in [2.05, 4.69) is 15.9 Å². The van der Waals surface area contributed by atoms with Gasteiger partial charge < -0.3 is 14.9 Å². The number of amides is 2. The van der Waals surface area contributed by atoms with Gasteiger partial charge in [0.15, 0.2) is 5.70 Å². The monoisotopic (exact) mass is 462 g/mol. The van der Waals surface area contributed by atoms with Gasteiger partial charge in [0.2, 0.25) is 0 Å². The summed E-state index contributed by atoms with van der Waals surface area (Å²) < 4.78 is 5.17. The lowest BCUT2D eigenvalue weighted by Gasteiger charge is -2.22. The van der Waals surface area contributed by atoms with Crippen LogP contribution >= 0.6 is 0 Å². The van der Waals surface area contributed by atoms with Crippen LogP contribution in [0.2, 0.25) is 0 Å². The number of hydrazine groups is 1. The van der Waals surface area contributed by atoms with Crippen LogP contribution in [0.5, 0.6) is 5.75 Å². The highest BCUT2D eigenvalue weighted by Gasteiger charge is 2.31. The maximum absolute atomic E-state index is 13.2. The number of ether oxygens (including phenoxy) is 1. The van der Waals surface area contributed by atoms with E-state index in [-0.39, 0.29) is 17.5 Å². The largest absolute Gasteiger partial charge is 0.497 e. The molecule has 1 saturated carbocycles. The Labute approximate surface area is 197 Å². The summed E-state index contributed by atoms with van der Waals surface area (Å²) >= 11 is 0. The van der Waals surface area contributed by atoms with Crippen molar-refractivity contribution in [2.24, 2.45) is 4.99 Å². The zero-order valence-corrected chi connectivity index (χ0v) is 18.8. The van der Waals surface area contributed by atoms with Crippen molar-refractivity contribution in [1.82, 2.24) is 10.9 Å². The predicted octanol–water partition coefficient (Wildman–Crippen LogP) is 3.09. The molecule has 34 heavy (non-hydrogen) atoms. The molecule has 2 aliphatic rings. The average Bonchev–Trinajstić information content (AvgIpc) is 3.24. The third-order valence-corrected chi connectivity index (χ3v) is 5.70. The lowest BCUT2D eigenvalue weighted by atomic mass is 9.95. The number of hydrogen-bond acceptors (Lipinski definition) is 7. The molecule has 2 aromatic rings. The molecule has 1 heterocycles. The second kappa shape index (κ2) is 10.8. The number of nitrogens with one attached hydrogen (secondary N) is 2. The minimum absolute atomic E-state index is 0.00280. The van der Waals surface area contributed by atoms with E-state index in [1.165, 1.54) is 11.1 Å². The van der Waals surface area contributed by atoms with Gasteiger partial charge >= 0.3 is 5.97 Å². The molecule has 2 amide bonds. The van der Waals surface area contributed by atoms with Crippen LogP contribution in [-0.2, 0) is 14.4 Å². The maximum Gasteiger partial charge on any atom is 0.376 e. The van der Waals surface area contributed by atoms with Crippen LogP contribution in [0.15, 0.2) is 71.4 Å². The lowest BCUT2D eigenvalue weighted by molar-refractivity contribution is -0.140. The summed E-state index contributed by atoms with van der Waals surface area (Å²) in [6.07, 6.45) is 6.20. The summed E-state index contributed by atoms with van der Waals surface area (Å²) in [4.78, 5) is 47.5. The first-order valence-electron chi connectivity index (χ1n) is 11.2. The molecule has 2 fully saturated rings. The van der Waals surface area contributed by atoms with Crippen LogP contribution in [0.3, 0.4) is 0 Å². The predicted molar refractivity (Wildman–Crippen MR) is 126 cm³/mol. The number of benzene rings is 2. The SMILES string of the molecule is COc1ccc(N2NOC(=O)/C2=C\C(=NC(=O)c2ccccc2)C(=O)NC2CCCCC2)cc1. The third-order valence-electron chi connectivity index (χ3n) is 5.70. The zero-order valence-electron chi connectivity index (χ0n) is 18.8. The fraction of sp³-hybridized carbons (Fsp3) is 0.280. The van der Waals surface area contributed by atoms with Gasteiger partial charge in [-0.2, -0.15) is 0 Å². The molecule has 9 heteroatoms. The molecule has 1 aliphatic heterocycles. The summed E-state index contributed by atoms with van der Waals surface area (Å²) in [5, 5.41) is 4.33. The Bertz CT molecular complexity index is 1110. The summed E-state index contributed by atoms with van der Waals surface area (Å²) in [7, 11) is 1.55. The second-order valence-corrected chi connectivity index (χ2v) is 8.02. The van der Waals surface area contributed by atoms with Gasteiger partial charge in [0, 0.05) is 17.7 Å². The van der Waals surface area contributed by atoms with Crippen LogP contribution in [0.4, 0.5) is 5.69 Å². The Morgan fingerprint density at radius 2 is 1.79 bits per heavy atom. The van der Waals surface area contributed by atoms with E-state index in [1.54, 1.807) is 61.7 Å². The van der Waals surface area contributed by atoms with Gasteiger partial charge in [0.05, 0.1) is 12.8 Å². The molecule has 0 aromatic heterocycles. The van der Waals surface area contributed by atoms with Crippen molar-refractivity contribution in [1.29, 1.82) is 0 Å². The lowest BCUT2D eigenvalue weighted by Crippen LogP contribution is -2.40. The Kier molecular flexibility index (Phi) is 7.34. The number of anilines is 1. The number of rotatable bonds is 6. The van der Waals surface area contributed by atoms with Crippen molar-refractivity contribution in [3.05, 3.63) is 71.9 Å². The van der Waals surface area contributed by atoms with E-state index in [4.69, 9.17) is 9.57 Å². The molecule has 176 valence electrons. The topological polar surface area (TPSA) is 109 Å². The molecule has 4 rings (SSSR count). The van der Waals surface area contributed by atoms with Crippen molar-refractivity contribution in [2.45, 2.75) is 38.1 Å². The van der Waals surface area contributed by atoms with Crippen molar-refractivity contribution in [3.63, 3.8) is 0 Å². The van der Waals surface area contributed by atoms with E-state index in [0.717, 1.165) is 32.1 Å². The van der Waals surface area contributed by atoms with Crippen LogP contribution in [0, 0.1) is 0 Å². The van der Waals surface area contributed by atoms with E-state index in [1.807, 2.05) is 0 Å². The normalized spacial score (nSPS) is 18.0. The Balaban J connectivity index is 1.67. The van der Waals surface area contributed by atoms with Crippen molar-refractivity contribution in [3.8, 4) is 5.75 Å². The van der Waals surface area contributed by atoms with Gasteiger partial charge in [-0.3, -0.25) is 9.59 Å². The van der Waals surface area contributed by atoms with Crippen LogP contribution in [0.1, 0.15) is 42.5 Å². The van der Waals surface area contributed by atoms with Gasteiger partial charge in [-0.05, 0) is 49.2 Å². The summed E-state index contributed by atoms with van der Waals surface area (Å²) in [5.74, 6) is -1.16. The first-order valence-corrected chi connectivity index (χ1v) is 11.2. The van der Waals surface area contributed by atoms with E-state index >= 15 is 0 Å². The average molecular weight is 463 g/mol. The number of nitrogens with zero attached hydrogens (tertiary/aromatic N) is 2. The van der Waals surface area contributed by atoms with Gasteiger partial charge in [-0.25, -0.2) is 14.8 Å². The van der Waals surface area contributed by atoms with Crippen molar-refractivity contribution in [2.75, 3.05) is 12.1 Å². The Morgan fingerprint density at radius 1 is 1.09 bits per heavy atom. The molecule has 2 aromatic carbocycles. The molecular weight excluding hydrogens is 436 g/mol. The number of carbonyl (C=O) groups is 3. The van der Waals surface area contributed by atoms with Crippen molar-refractivity contribution < 1.29 is 24.0 Å². The van der Waals surface area contributed by atoms with E-state index in [9.17, 15) is 14.4 Å². The third kappa shape index (κ3) is 5.49. The highest BCUT2D eigenvalue weighted by Crippen LogP contribution is 2.25. The zero-order chi connectivity index (χ0) is 23.9. The molecule has 9 nitrogen and oxygen atoms in total. The molecular formula is C25H26N4O5. The molecule has 1 aliphatic carbocycles. The van der Waals surface area contributed by atoms with Crippen molar-refractivity contribution >= 4 is 29.2 Å². The van der Waals surface area contributed by atoms with Crippen LogP contribution < -0.4 is 20.7 Å². The van der Waals surface area contributed by atoms with Crippen LogP contribution in [0.25, 0.3) is 0 Å². The molecule has 1 saturated heterocycles. The number of aliphatic imine (C=N–C) groups is 1. The fourth-order valence-corrected chi connectivity index (χ4v) is 3.87. The Hall–Kier alpha value is -3.98. The van der Waals surface area contributed by atoms with E-state index in [0.29, 0.717) is 17.0 Å². The molecule has 0 unspecified atom stereocenters. The number of carbonyl (C=O) groups excluding carboxylic acids is 3. The first-order chi connectivity index (χ1) is 16.5. The second-order valence-electron chi connectivity index (χ2n) is 8.02. The Morgan fingerprint density at radius 3 is 2.47 bits per heavy atom. The standard InChI is InChI=1S/C25H26N4O5/c1-33-20-14-12-19(13-15-20)29-22(25(32)34-28-29)16-21(24(31)26-18-10-6-3-7-11-18)27-23(30)17-8-4-2-5-9-17/h2,4-5,8-9,12-16,18,28H,3,6-7,10-11H2,1H3,(H,26,31)/b22-16+,27-21?. The number of hydrogen-bond donors (Lipinski definition) is 2. The smallest absolute Gasteiger partial charge is 0.376 e. The molecule has 2 N–H and O–H groups in total. The quantitative estimate of drug-likeness (QED) is 0.502. The molecule has 0 bridgehead atoms. The molecule has 0 spiro atoms. The summed E-state index contributed by atoms with van der Waals surface area (Å²) in [5.41, 5.74) is 3.27. The van der Waals surface area contributed by atoms with Gasteiger partial charge in [-0.1, -0.05) is 43.1 Å². The van der Waals surface area contributed by atoms with Gasteiger partial charge in [-0.15, -0.1) is 0 Å². The maximum atomic E-state index is 13.2. The minimum Gasteiger partial charge on any atom is -0.497 e. The molecule has 0 radical (unpaired) electrons. The minimum atomic E-state index is -0.707.